The summed E-state index contributed by atoms with van der Waals surface area (Å²) in [6, 6.07) is 7.08. The quantitative estimate of drug-likeness (QED) is 0.783. The molecule has 2 fully saturated rings. The monoisotopic (exact) mass is 373 g/mol. The lowest BCUT2D eigenvalue weighted by Gasteiger charge is -2.34. The van der Waals surface area contributed by atoms with Gasteiger partial charge < -0.3 is 10.0 Å². The number of imide groups is 1. The Morgan fingerprint density at radius 1 is 1.15 bits per heavy atom. The molecule has 2 N–H and O–H groups in total. The zero-order valence-corrected chi connectivity index (χ0v) is 16.6. The van der Waals surface area contributed by atoms with Gasteiger partial charge in [-0.1, -0.05) is 12.1 Å². The number of amides is 2. The SMILES string of the molecule is CN(C)c1ccc(C2NC(C)(C(=O)O)C3C(=O)N(C(C)(C)C)C(=O)C23)cc1. The highest BCUT2D eigenvalue weighted by Gasteiger charge is 2.67. The zero-order valence-electron chi connectivity index (χ0n) is 16.6. The largest absolute Gasteiger partial charge is 0.480 e. The van der Waals surface area contributed by atoms with Crippen LogP contribution < -0.4 is 10.2 Å². The molecule has 27 heavy (non-hydrogen) atoms. The Bertz CT molecular complexity index is 796. The van der Waals surface area contributed by atoms with Crippen LogP contribution in [0.15, 0.2) is 24.3 Å². The number of likely N-dealkylation sites (tertiary alicyclic amines) is 1. The van der Waals surface area contributed by atoms with Crippen LogP contribution in [0.2, 0.25) is 0 Å². The maximum Gasteiger partial charge on any atom is 0.324 e. The molecule has 2 saturated heterocycles. The molecule has 0 spiro atoms. The van der Waals surface area contributed by atoms with Crippen LogP contribution in [0.25, 0.3) is 0 Å². The molecular formula is C20H27N3O4. The lowest BCUT2D eigenvalue weighted by atomic mass is 9.80. The Morgan fingerprint density at radius 3 is 2.15 bits per heavy atom. The molecule has 1 aromatic rings. The number of hydrogen-bond donors (Lipinski definition) is 2. The summed E-state index contributed by atoms with van der Waals surface area (Å²) in [4.78, 5) is 41.5. The molecule has 4 atom stereocenters. The van der Waals surface area contributed by atoms with Gasteiger partial charge in [0.25, 0.3) is 0 Å². The number of rotatable bonds is 3. The number of anilines is 1. The molecule has 7 nitrogen and oxygen atoms in total. The van der Waals surface area contributed by atoms with E-state index in [4.69, 9.17) is 0 Å². The average Bonchev–Trinajstić information content (AvgIpc) is 3.02. The average molecular weight is 373 g/mol. The Kier molecular flexibility index (Phi) is 4.34. The number of aliphatic carboxylic acids is 1. The molecule has 2 amide bonds. The van der Waals surface area contributed by atoms with Crippen molar-refractivity contribution in [2.75, 3.05) is 19.0 Å². The van der Waals surface area contributed by atoms with E-state index in [0.717, 1.165) is 11.3 Å². The third-order valence-electron chi connectivity index (χ3n) is 5.67. The molecule has 2 aliphatic rings. The first-order chi connectivity index (χ1) is 12.4. The topological polar surface area (TPSA) is 90.0 Å². The van der Waals surface area contributed by atoms with Crippen molar-refractivity contribution in [3.63, 3.8) is 0 Å². The number of carboxylic acids is 1. The number of benzene rings is 1. The van der Waals surface area contributed by atoms with E-state index in [0.29, 0.717) is 0 Å². The standard InChI is InChI=1S/C20H27N3O4/c1-19(2,3)23-16(24)13-14(17(23)25)20(4,18(26)27)21-15(13)11-7-9-12(10-8-11)22(5)6/h7-10,13-15,21H,1-6H3,(H,26,27). The minimum absolute atomic E-state index is 0.309. The fourth-order valence-electron chi connectivity index (χ4n) is 4.26. The van der Waals surface area contributed by atoms with Gasteiger partial charge in [-0.2, -0.15) is 0 Å². The molecule has 7 heteroatoms. The van der Waals surface area contributed by atoms with Gasteiger partial charge in [-0.15, -0.1) is 0 Å². The summed E-state index contributed by atoms with van der Waals surface area (Å²) < 4.78 is 0. The first-order valence-electron chi connectivity index (χ1n) is 9.06. The van der Waals surface area contributed by atoms with Gasteiger partial charge in [-0.3, -0.25) is 24.6 Å². The van der Waals surface area contributed by atoms with Gasteiger partial charge in [-0.05, 0) is 45.4 Å². The number of nitrogens with one attached hydrogen (secondary N) is 1. The van der Waals surface area contributed by atoms with Crippen molar-refractivity contribution in [2.24, 2.45) is 11.8 Å². The van der Waals surface area contributed by atoms with Gasteiger partial charge in [-0.25, -0.2) is 0 Å². The Labute approximate surface area is 159 Å². The van der Waals surface area contributed by atoms with E-state index in [1.165, 1.54) is 11.8 Å². The summed E-state index contributed by atoms with van der Waals surface area (Å²) in [6.45, 7) is 6.86. The van der Waals surface area contributed by atoms with Gasteiger partial charge >= 0.3 is 5.97 Å². The summed E-state index contributed by atoms with van der Waals surface area (Å²) >= 11 is 0. The van der Waals surface area contributed by atoms with Crippen molar-refractivity contribution >= 4 is 23.5 Å². The fourth-order valence-corrected chi connectivity index (χ4v) is 4.26. The van der Waals surface area contributed by atoms with Crippen molar-refractivity contribution < 1.29 is 19.5 Å². The van der Waals surface area contributed by atoms with Crippen LogP contribution in [0.5, 0.6) is 0 Å². The number of nitrogens with zero attached hydrogens (tertiary/aromatic N) is 2. The van der Waals surface area contributed by atoms with E-state index in [9.17, 15) is 19.5 Å². The summed E-state index contributed by atoms with van der Waals surface area (Å²) in [7, 11) is 3.86. The molecule has 0 saturated carbocycles. The van der Waals surface area contributed by atoms with Crippen molar-refractivity contribution in [1.82, 2.24) is 10.2 Å². The molecule has 1 aromatic carbocycles. The second kappa shape index (κ2) is 6.05. The van der Waals surface area contributed by atoms with Gasteiger partial charge in [0.2, 0.25) is 11.8 Å². The highest BCUT2D eigenvalue weighted by atomic mass is 16.4. The predicted octanol–water partition coefficient (Wildman–Crippen LogP) is 1.64. The van der Waals surface area contributed by atoms with E-state index in [1.807, 2.05) is 43.3 Å². The third kappa shape index (κ3) is 2.81. The fraction of sp³-hybridized carbons (Fsp3) is 0.550. The molecule has 0 bridgehead atoms. The van der Waals surface area contributed by atoms with Crippen LogP contribution in [-0.2, 0) is 14.4 Å². The molecule has 3 rings (SSSR count). The highest BCUT2D eigenvalue weighted by molar-refractivity contribution is 6.09. The van der Waals surface area contributed by atoms with Gasteiger partial charge in [0.1, 0.15) is 5.54 Å². The van der Waals surface area contributed by atoms with Crippen molar-refractivity contribution in [1.29, 1.82) is 0 Å². The van der Waals surface area contributed by atoms with Crippen molar-refractivity contribution in [2.45, 2.75) is 44.8 Å². The Hall–Kier alpha value is -2.41. The minimum atomic E-state index is -1.50. The van der Waals surface area contributed by atoms with Crippen LogP contribution >= 0.6 is 0 Å². The van der Waals surface area contributed by atoms with Crippen LogP contribution in [-0.4, -0.2) is 53.0 Å². The van der Waals surface area contributed by atoms with Crippen LogP contribution in [0.4, 0.5) is 5.69 Å². The lowest BCUT2D eigenvalue weighted by molar-refractivity contribution is -0.152. The highest BCUT2D eigenvalue weighted by Crippen LogP contribution is 2.50. The second-order valence-electron chi connectivity index (χ2n) is 8.80. The predicted molar refractivity (Wildman–Crippen MR) is 101 cm³/mol. The number of hydrogen-bond acceptors (Lipinski definition) is 5. The summed E-state index contributed by atoms with van der Waals surface area (Å²) in [5, 5.41) is 12.9. The smallest absolute Gasteiger partial charge is 0.324 e. The maximum absolute atomic E-state index is 13.2. The van der Waals surface area contributed by atoms with Gasteiger partial charge in [0.15, 0.2) is 0 Å². The zero-order chi connectivity index (χ0) is 20.3. The van der Waals surface area contributed by atoms with Crippen LogP contribution in [0, 0.1) is 11.8 Å². The number of fused-ring (bicyclic) bond motifs is 1. The summed E-state index contributed by atoms with van der Waals surface area (Å²) in [5.41, 5.74) is -0.392. The van der Waals surface area contributed by atoms with Crippen LogP contribution in [0.3, 0.4) is 0 Å². The Balaban J connectivity index is 2.08. The first-order valence-corrected chi connectivity index (χ1v) is 9.06. The summed E-state index contributed by atoms with van der Waals surface area (Å²) in [6.07, 6.45) is 0. The molecular weight excluding hydrogens is 346 g/mol. The third-order valence-corrected chi connectivity index (χ3v) is 5.67. The lowest BCUT2D eigenvalue weighted by Crippen LogP contribution is -2.55. The van der Waals surface area contributed by atoms with E-state index >= 15 is 0 Å². The molecule has 0 radical (unpaired) electrons. The molecule has 2 aliphatic heterocycles. The molecule has 0 aromatic heterocycles. The van der Waals surface area contributed by atoms with E-state index in [-0.39, 0.29) is 5.91 Å². The first kappa shape index (κ1) is 19.4. The molecule has 146 valence electrons. The normalized spacial score (nSPS) is 30.6. The minimum Gasteiger partial charge on any atom is -0.480 e. The van der Waals surface area contributed by atoms with E-state index in [1.54, 1.807) is 20.8 Å². The number of carbonyl (C=O) groups excluding carboxylic acids is 2. The molecule has 4 unspecified atom stereocenters. The van der Waals surface area contributed by atoms with Crippen LogP contribution in [0.1, 0.15) is 39.3 Å². The Morgan fingerprint density at radius 2 is 1.70 bits per heavy atom. The maximum atomic E-state index is 13.2. The molecule has 2 heterocycles. The summed E-state index contributed by atoms with van der Waals surface area (Å²) in [5.74, 6) is -3.51. The molecule has 0 aliphatic carbocycles. The second-order valence-corrected chi connectivity index (χ2v) is 8.80. The van der Waals surface area contributed by atoms with Gasteiger partial charge in [0.05, 0.1) is 11.8 Å². The van der Waals surface area contributed by atoms with E-state index in [2.05, 4.69) is 5.32 Å². The number of carboxylic acid groups (broad SMARTS) is 1. The van der Waals surface area contributed by atoms with E-state index < -0.39 is 40.8 Å². The van der Waals surface area contributed by atoms with Gasteiger partial charge in [0, 0.05) is 31.4 Å². The number of carbonyl (C=O) groups is 3. The van der Waals surface area contributed by atoms with Crippen molar-refractivity contribution in [3.8, 4) is 0 Å². The van der Waals surface area contributed by atoms with Crippen molar-refractivity contribution in [3.05, 3.63) is 29.8 Å².